The topological polar surface area (TPSA) is 39.9 Å². The highest BCUT2D eigenvalue weighted by Crippen LogP contribution is 2.24. The van der Waals surface area contributed by atoms with Crippen LogP contribution in [0.5, 0.6) is 0 Å². The van der Waals surface area contributed by atoms with E-state index in [1.165, 1.54) is 0 Å². The van der Waals surface area contributed by atoms with Crippen molar-refractivity contribution in [2.45, 2.75) is 39.3 Å². The molecule has 84 valence electrons. The number of hydrogen-bond donors (Lipinski definition) is 0. The van der Waals surface area contributed by atoms with E-state index in [0.29, 0.717) is 17.3 Å². The third-order valence-electron chi connectivity index (χ3n) is 3.05. The average molecular weight is 230 g/mol. The first-order valence-electron chi connectivity index (χ1n) is 5.41. The Balaban J connectivity index is 2.12. The molecule has 0 bridgehead atoms. The first-order chi connectivity index (χ1) is 7.22. The van der Waals surface area contributed by atoms with Crippen molar-refractivity contribution in [2.75, 3.05) is 6.61 Å². The first-order valence-corrected chi connectivity index (χ1v) is 5.79. The number of ether oxygens (including phenoxy) is 1. The van der Waals surface area contributed by atoms with Crippen molar-refractivity contribution >= 4 is 11.6 Å². The van der Waals surface area contributed by atoms with Crippen molar-refractivity contribution in [1.29, 1.82) is 0 Å². The molecule has 5 heteroatoms. The molecule has 2 atom stereocenters. The molecule has 2 rings (SSSR count). The lowest BCUT2D eigenvalue weighted by Gasteiger charge is -2.15. The lowest BCUT2D eigenvalue weighted by Crippen LogP contribution is -2.19. The summed E-state index contributed by atoms with van der Waals surface area (Å²) in [6.45, 7) is 5.90. The van der Waals surface area contributed by atoms with Crippen LogP contribution in [0.1, 0.15) is 26.1 Å². The zero-order valence-corrected chi connectivity index (χ0v) is 9.87. The van der Waals surface area contributed by atoms with Crippen LogP contribution in [0.4, 0.5) is 0 Å². The number of rotatable bonds is 3. The van der Waals surface area contributed by atoms with Crippen LogP contribution in [0.15, 0.2) is 0 Å². The Labute approximate surface area is 94.6 Å². The minimum Gasteiger partial charge on any atom is -0.378 e. The number of aromatic nitrogens is 3. The number of hydrogen-bond acceptors (Lipinski definition) is 3. The summed E-state index contributed by atoms with van der Waals surface area (Å²) in [5.41, 5.74) is 0. The van der Waals surface area contributed by atoms with Gasteiger partial charge in [-0.05, 0) is 24.9 Å². The van der Waals surface area contributed by atoms with Crippen molar-refractivity contribution in [3.8, 4) is 0 Å². The van der Waals surface area contributed by atoms with Crippen molar-refractivity contribution in [2.24, 2.45) is 5.92 Å². The van der Waals surface area contributed by atoms with E-state index in [1.54, 1.807) is 0 Å². The molecule has 1 aliphatic rings. The molecule has 0 aliphatic carbocycles. The molecule has 0 radical (unpaired) electrons. The van der Waals surface area contributed by atoms with E-state index in [9.17, 15) is 0 Å². The number of halogens is 1. The fourth-order valence-corrected chi connectivity index (χ4v) is 2.21. The maximum atomic E-state index is 6.00. The maximum Gasteiger partial charge on any atom is 0.225 e. The second-order valence-corrected chi connectivity index (χ2v) is 4.31. The fraction of sp³-hybridized carbons (Fsp3) is 0.800. The highest BCUT2D eigenvalue weighted by molar-refractivity contribution is 6.28. The fourth-order valence-electron chi connectivity index (χ4n) is 2.01. The summed E-state index contributed by atoms with van der Waals surface area (Å²) >= 11 is 6.00. The Morgan fingerprint density at radius 2 is 2.33 bits per heavy atom. The third-order valence-corrected chi connectivity index (χ3v) is 3.33. The summed E-state index contributed by atoms with van der Waals surface area (Å²) in [7, 11) is 0. The lowest BCUT2D eigenvalue weighted by atomic mass is 10.0. The van der Waals surface area contributed by atoms with Crippen LogP contribution < -0.4 is 0 Å². The highest BCUT2D eigenvalue weighted by atomic mass is 35.5. The van der Waals surface area contributed by atoms with E-state index in [0.717, 1.165) is 31.8 Å². The molecule has 1 fully saturated rings. The smallest absolute Gasteiger partial charge is 0.225 e. The van der Waals surface area contributed by atoms with Gasteiger partial charge in [-0.2, -0.15) is 0 Å². The van der Waals surface area contributed by atoms with E-state index >= 15 is 0 Å². The molecule has 2 unspecified atom stereocenters. The zero-order valence-electron chi connectivity index (χ0n) is 9.11. The highest BCUT2D eigenvalue weighted by Gasteiger charge is 2.26. The molecule has 1 aromatic rings. The molecule has 0 amide bonds. The summed E-state index contributed by atoms with van der Waals surface area (Å²) in [4.78, 5) is 0. The van der Waals surface area contributed by atoms with Gasteiger partial charge in [-0.1, -0.05) is 6.92 Å². The molecule has 1 aromatic heterocycles. The second-order valence-electron chi connectivity index (χ2n) is 3.97. The molecule has 0 N–H and O–H groups in total. The Morgan fingerprint density at radius 1 is 1.53 bits per heavy atom. The quantitative estimate of drug-likeness (QED) is 0.795. The van der Waals surface area contributed by atoms with E-state index < -0.39 is 0 Å². The van der Waals surface area contributed by atoms with E-state index in [4.69, 9.17) is 16.3 Å². The van der Waals surface area contributed by atoms with Gasteiger partial charge >= 0.3 is 0 Å². The van der Waals surface area contributed by atoms with Crippen molar-refractivity contribution < 1.29 is 4.74 Å². The van der Waals surface area contributed by atoms with E-state index in [-0.39, 0.29) is 0 Å². The Kier molecular flexibility index (Phi) is 3.26. The Morgan fingerprint density at radius 3 is 2.93 bits per heavy atom. The third kappa shape index (κ3) is 2.16. The van der Waals surface area contributed by atoms with Crippen molar-refractivity contribution in [3.05, 3.63) is 11.1 Å². The second kappa shape index (κ2) is 4.49. The van der Waals surface area contributed by atoms with E-state index in [1.807, 2.05) is 4.57 Å². The monoisotopic (exact) mass is 229 g/mol. The van der Waals surface area contributed by atoms with Gasteiger partial charge in [0.1, 0.15) is 5.82 Å². The molecular weight excluding hydrogens is 214 g/mol. The average Bonchev–Trinajstić information content (AvgIpc) is 2.77. The standard InChI is InChI=1S/C10H16ClN3O/c1-3-9-12-13-10(11)14(9)6-8-4-5-15-7(8)2/h7-8H,3-6H2,1-2H3. The van der Waals surface area contributed by atoms with Crippen molar-refractivity contribution in [3.63, 3.8) is 0 Å². The van der Waals surface area contributed by atoms with Gasteiger partial charge in [-0.15, -0.1) is 10.2 Å². The summed E-state index contributed by atoms with van der Waals surface area (Å²) in [5, 5.41) is 8.43. The summed E-state index contributed by atoms with van der Waals surface area (Å²) in [5.74, 6) is 1.49. The molecule has 0 saturated carbocycles. The number of aryl methyl sites for hydroxylation is 1. The van der Waals surface area contributed by atoms with Gasteiger partial charge in [0.05, 0.1) is 6.10 Å². The molecule has 15 heavy (non-hydrogen) atoms. The van der Waals surface area contributed by atoms with Crippen molar-refractivity contribution in [1.82, 2.24) is 14.8 Å². The normalized spacial score (nSPS) is 26.1. The largest absolute Gasteiger partial charge is 0.378 e. The first kappa shape index (κ1) is 10.9. The molecule has 2 heterocycles. The zero-order chi connectivity index (χ0) is 10.8. The summed E-state index contributed by atoms with van der Waals surface area (Å²) in [6, 6.07) is 0. The van der Waals surface area contributed by atoms with Gasteiger partial charge in [0.15, 0.2) is 0 Å². The van der Waals surface area contributed by atoms with Gasteiger partial charge in [-0.3, -0.25) is 0 Å². The van der Waals surface area contributed by atoms with Crippen LogP contribution >= 0.6 is 11.6 Å². The van der Waals surface area contributed by atoms with Crippen LogP contribution in [0.3, 0.4) is 0 Å². The number of nitrogens with zero attached hydrogens (tertiary/aromatic N) is 3. The van der Waals surface area contributed by atoms with Crippen LogP contribution in [-0.4, -0.2) is 27.5 Å². The maximum absolute atomic E-state index is 6.00. The van der Waals surface area contributed by atoms with Gasteiger partial charge in [0.2, 0.25) is 5.28 Å². The van der Waals surface area contributed by atoms with Crippen LogP contribution in [0.2, 0.25) is 5.28 Å². The summed E-state index contributed by atoms with van der Waals surface area (Å²) in [6.07, 6.45) is 2.27. The molecule has 4 nitrogen and oxygen atoms in total. The minimum atomic E-state index is 0.313. The SMILES string of the molecule is CCc1nnc(Cl)n1CC1CCOC1C. The molecule has 0 aromatic carbocycles. The predicted octanol–water partition coefficient (Wildman–Crippen LogP) is 1.92. The minimum absolute atomic E-state index is 0.313. The molecule has 1 saturated heterocycles. The Bertz CT molecular complexity index is 339. The van der Waals surface area contributed by atoms with Crippen LogP contribution in [0, 0.1) is 5.92 Å². The molecular formula is C10H16ClN3O. The molecule has 1 aliphatic heterocycles. The lowest BCUT2D eigenvalue weighted by molar-refractivity contribution is 0.101. The van der Waals surface area contributed by atoms with Gasteiger partial charge in [0.25, 0.3) is 0 Å². The molecule has 0 spiro atoms. The van der Waals surface area contributed by atoms with E-state index in [2.05, 4.69) is 24.0 Å². The van der Waals surface area contributed by atoms with Gasteiger partial charge < -0.3 is 9.30 Å². The van der Waals surface area contributed by atoms with Gasteiger partial charge in [0, 0.05) is 25.5 Å². The van der Waals surface area contributed by atoms with Crippen LogP contribution in [0.25, 0.3) is 0 Å². The predicted molar refractivity (Wildman–Crippen MR) is 57.9 cm³/mol. The Hall–Kier alpha value is -0.610. The van der Waals surface area contributed by atoms with Gasteiger partial charge in [-0.25, -0.2) is 0 Å². The van der Waals surface area contributed by atoms with Crippen LogP contribution in [-0.2, 0) is 17.7 Å². The summed E-state index contributed by atoms with van der Waals surface area (Å²) < 4.78 is 7.53.